The Morgan fingerprint density at radius 3 is 1.48 bits per heavy atom. The van der Waals surface area contributed by atoms with E-state index in [4.69, 9.17) is 20.1 Å². The van der Waals surface area contributed by atoms with Gasteiger partial charge in [-0.1, -0.05) is 0 Å². The first kappa shape index (κ1) is 28.2. The maximum absolute atomic E-state index is 10.2. The van der Waals surface area contributed by atoms with E-state index in [0.29, 0.717) is 0 Å². The maximum atomic E-state index is 10.2. The van der Waals surface area contributed by atoms with Gasteiger partial charge in [-0.3, -0.25) is 0 Å². The number of hydrogen-bond acceptors (Lipinski definition) is 11. The van der Waals surface area contributed by atoms with E-state index in [-0.39, 0.29) is 45.5 Å². The molecule has 11 nitrogen and oxygen atoms in total. The van der Waals surface area contributed by atoms with Gasteiger partial charge in [0.15, 0.2) is 0 Å². The predicted molar refractivity (Wildman–Crippen MR) is 44.7 cm³/mol. The predicted octanol–water partition coefficient (Wildman–Crippen LogP) is -8.59. The van der Waals surface area contributed by atoms with E-state index in [1.165, 1.54) is 0 Å². The van der Waals surface area contributed by atoms with Crippen LogP contribution in [0.1, 0.15) is 6.42 Å². The Hall–Kier alpha value is -0.993. The van der Waals surface area contributed by atoms with Crippen molar-refractivity contribution in [2.24, 2.45) is 5.73 Å². The number of nitrogens with two attached hydrogens (primary N) is 1. The fourth-order valence-electron chi connectivity index (χ4n) is 0.695. The van der Waals surface area contributed by atoms with Gasteiger partial charge in [0, 0.05) is 18.9 Å². The number of aliphatic carboxylic acids is 4. The SMILES string of the molecule is NCC(=O)[O-].O=C([O-])CC(O)(C(=O)[O-])C(O)C(=O)[O-].[Zn+2].[Zn+2]. The maximum Gasteiger partial charge on any atom is 2.00 e. The average molecular weight is 410 g/mol. The van der Waals surface area contributed by atoms with Crippen LogP contribution in [0, 0.1) is 0 Å². The van der Waals surface area contributed by atoms with Gasteiger partial charge in [-0.05, 0) is 0 Å². The van der Waals surface area contributed by atoms with Crippen molar-refractivity contribution in [2.45, 2.75) is 18.1 Å². The summed E-state index contributed by atoms with van der Waals surface area (Å²) >= 11 is 0. The fraction of sp³-hybridized carbons (Fsp3) is 0.500. The Morgan fingerprint density at radius 1 is 1.00 bits per heavy atom. The summed E-state index contributed by atoms with van der Waals surface area (Å²) in [6.45, 7) is -0.389. The van der Waals surface area contributed by atoms with Gasteiger partial charge in [0.2, 0.25) is 0 Å². The number of carboxylic acids is 4. The molecule has 0 aromatic carbocycles. The third-order valence-electron chi connectivity index (χ3n) is 1.61. The number of rotatable bonds is 6. The van der Waals surface area contributed by atoms with Crippen molar-refractivity contribution < 1.29 is 88.8 Å². The quantitative estimate of drug-likeness (QED) is 0.348. The largest absolute Gasteiger partial charge is 2.00 e. The van der Waals surface area contributed by atoms with Crippen molar-refractivity contribution in [3.8, 4) is 0 Å². The van der Waals surface area contributed by atoms with Crippen molar-refractivity contribution in [3.05, 3.63) is 0 Å². The molecule has 0 rings (SSSR count). The van der Waals surface area contributed by atoms with E-state index >= 15 is 0 Å². The van der Waals surface area contributed by atoms with Crippen molar-refractivity contribution in [1.29, 1.82) is 0 Å². The molecule has 0 radical (unpaired) electrons. The fourth-order valence-corrected chi connectivity index (χ4v) is 0.695. The number of aliphatic hydroxyl groups excluding tert-OH is 1. The molecule has 0 bridgehead atoms. The summed E-state index contributed by atoms with van der Waals surface area (Å²) in [5, 5.41) is 56.9. The normalized spacial score (nSPS) is 12.9. The molecular weight excluding hydrogens is 401 g/mol. The van der Waals surface area contributed by atoms with E-state index in [0.717, 1.165) is 0 Å². The summed E-state index contributed by atoms with van der Waals surface area (Å²) < 4.78 is 0. The van der Waals surface area contributed by atoms with E-state index in [9.17, 15) is 29.7 Å². The van der Waals surface area contributed by atoms with Crippen LogP contribution >= 0.6 is 0 Å². The molecule has 0 saturated carbocycles. The first-order valence-electron chi connectivity index (χ1n) is 4.41. The Kier molecular flexibility index (Phi) is 17.1. The van der Waals surface area contributed by atoms with Gasteiger partial charge in [0.25, 0.3) is 0 Å². The molecule has 0 aromatic heterocycles. The summed E-state index contributed by atoms with van der Waals surface area (Å²) in [5.41, 5.74) is 1.05. The zero-order valence-corrected chi connectivity index (χ0v) is 16.6. The van der Waals surface area contributed by atoms with Crippen LogP contribution in [0.5, 0.6) is 0 Å². The van der Waals surface area contributed by atoms with Gasteiger partial charge in [-0.25, -0.2) is 0 Å². The molecule has 0 aliphatic carbocycles. The molecule has 0 fully saturated rings. The molecule has 0 aliphatic heterocycles. The summed E-state index contributed by atoms with van der Waals surface area (Å²) in [4.78, 5) is 39.3. The van der Waals surface area contributed by atoms with Gasteiger partial charge in [-0.2, -0.15) is 0 Å². The summed E-state index contributed by atoms with van der Waals surface area (Å²) in [6, 6.07) is 0. The van der Waals surface area contributed by atoms with Crippen molar-refractivity contribution in [2.75, 3.05) is 6.54 Å². The summed E-state index contributed by atoms with van der Waals surface area (Å²) in [5.74, 6) is -8.06. The zero-order chi connectivity index (χ0) is 15.8. The zero-order valence-electron chi connectivity index (χ0n) is 10.6. The smallest absolute Gasteiger partial charge is 0.550 e. The van der Waals surface area contributed by atoms with Gasteiger partial charge in [0.1, 0.15) is 11.7 Å². The van der Waals surface area contributed by atoms with Gasteiger partial charge in [0.05, 0.1) is 17.9 Å². The average Bonchev–Trinajstić information content (AvgIpc) is 2.27. The number of aliphatic hydroxyl groups is 2. The molecule has 0 amide bonds. The topological polar surface area (TPSA) is 227 Å². The number of carboxylic acid groups (broad SMARTS) is 4. The van der Waals surface area contributed by atoms with Crippen LogP contribution < -0.4 is 26.2 Å². The summed E-state index contributed by atoms with van der Waals surface area (Å²) in [7, 11) is 0. The van der Waals surface area contributed by atoms with Crippen molar-refractivity contribution in [3.63, 3.8) is 0 Å². The molecule has 0 saturated heterocycles. The molecule has 0 heterocycles. The number of carbonyl (C=O) groups is 4. The van der Waals surface area contributed by atoms with Crippen LogP contribution in [0.25, 0.3) is 0 Å². The molecule has 0 spiro atoms. The minimum Gasteiger partial charge on any atom is -0.550 e. The molecule has 2 unspecified atom stereocenters. The van der Waals surface area contributed by atoms with Gasteiger partial charge < -0.3 is 55.6 Å². The first-order chi connectivity index (χ1) is 8.48. The van der Waals surface area contributed by atoms with Crippen LogP contribution in [0.15, 0.2) is 0 Å². The van der Waals surface area contributed by atoms with Crippen LogP contribution in [0.2, 0.25) is 0 Å². The summed E-state index contributed by atoms with van der Waals surface area (Å²) in [6.07, 6.45) is -4.53. The molecule has 21 heavy (non-hydrogen) atoms. The molecular formula is C8H9NO10Zn2. The van der Waals surface area contributed by atoms with Crippen LogP contribution in [-0.4, -0.2) is 52.3 Å². The molecule has 110 valence electrons. The van der Waals surface area contributed by atoms with Crippen molar-refractivity contribution in [1.82, 2.24) is 0 Å². The molecule has 4 N–H and O–H groups in total. The van der Waals surface area contributed by atoms with Gasteiger partial charge >= 0.3 is 39.0 Å². The second-order valence-corrected chi connectivity index (χ2v) is 3.06. The van der Waals surface area contributed by atoms with Crippen LogP contribution in [0.3, 0.4) is 0 Å². The second-order valence-electron chi connectivity index (χ2n) is 3.06. The van der Waals surface area contributed by atoms with E-state index in [2.05, 4.69) is 5.73 Å². The Bertz CT molecular complexity index is 376. The molecule has 13 heteroatoms. The standard InChI is InChI=1S/C6H8O8.C2H5NO2.2Zn/c7-2(8)1-6(14,5(12)13)3(9)4(10)11;3-1-2(4)5;;/h3,9,14H,1H2,(H,7,8)(H,10,11)(H,12,13);1,3H2,(H,4,5);;/q;;2*+2/p-4. The molecule has 0 aromatic rings. The van der Waals surface area contributed by atoms with E-state index in [1.54, 1.807) is 0 Å². The monoisotopic (exact) mass is 407 g/mol. The van der Waals surface area contributed by atoms with Crippen LogP contribution in [-0.2, 0) is 58.1 Å². The number of carbonyl (C=O) groups excluding carboxylic acids is 4. The Balaban J connectivity index is -0.000000179. The second kappa shape index (κ2) is 12.7. The Labute approximate surface area is 143 Å². The van der Waals surface area contributed by atoms with Gasteiger partial charge in [-0.15, -0.1) is 0 Å². The van der Waals surface area contributed by atoms with Crippen molar-refractivity contribution >= 4 is 23.9 Å². The number of hydrogen-bond donors (Lipinski definition) is 3. The third-order valence-corrected chi connectivity index (χ3v) is 1.61. The van der Waals surface area contributed by atoms with Crippen LogP contribution in [0.4, 0.5) is 0 Å². The van der Waals surface area contributed by atoms with E-state index < -0.39 is 42.0 Å². The molecule has 2 atom stereocenters. The Morgan fingerprint density at radius 2 is 1.33 bits per heavy atom. The van der Waals surface area contributed by atoms with E-state index in [1.807, 2.05) is 0 Å². The minimum atomic E-state index is -3.46. The molecule has 0 aliphatic rings. The minimum absolute atomic E-state index is 0. The first-order valence-corrected chi connectivity index (χ1v) is 4.41. The third kappa shape index (κ3) is 11.4.